The number of likely N-dealkylation sites (N-methyl/N-ethyl adjacent to an activating group) is 1. The maximum Gasteiger partial charge on any atom is 0.328 e. The van der Waals surface area contributed by atoms with Crippen molar-refractivity contribution in [3.05, 3.63) is 41.2 Å². The zero-order valence-corrected chi connectivity index (χ0v) is 17.5. The van der Waals surface area contributed by atoms with Crippen LogP contribution in [0, 0.1) is 13.8 Å². The normalized spacial score (nSPS) is 23.5. The molecule has 8 heteroatoms. The van der Waals surface area contributed by atoms with Gasteiger partial charge in [-0.3, -0.25) is 14.6 Å². The number of hydrogen-bond donors (Lipinski definition) is 0. The quantitative estimate of drug-likeness (QED) is 0.713. The van der Waals surface area contributed by atoms with Gasteiger partial charge in [-0.25, -0.2) is 9.79 Å². The third-order valence-electron chi connectivity index (χ3n) is 5.52. The van der Waals surface area contributed by atoms with E-state index in [0.29, 0.717) is 19.2 Å². The molecule has 1 aromatic carbocycles. The molecule has 29 heavy (non-hydrogen) atoms. The highest BCUT2D eigenvalue weighted by molar-refractivity contribution is 6.09. The zero-order valence-electron chi connectivity index (χ0n) is 17.5. The van der Waals surface area contributed by atoms with Crippen LogP contribution in [-0.4, -0.2) is 71.6 Å². The van der Waals surface area contributed by atoms with Crippen LogP contribution in [0.3, 0.4) is 0 Å². The fourth-order valence-corrected chi connectivity index (χ4v) is 4.26. The summed E-state index contributed by atoms with van der Waals surface area (Å²) in [5, 5.41) is 0. The number of anilines is 1. The number of aryl methyl sites for hydroxylation is 2. The van der Waals surface area contributed by atoms with E-state index in [-0.39, 0.29) is 18.5 Å². The highest BCUT2D eigenvalue weighted by atomic mass is 16.5. The number of imide groups is 1. The first kappa shape index (κ1) is 19.4. The summed E-state index contributed by atoms with van der Waals surface area (Å²) in [4.78, 5) is 37.5. The standard InChI is InChI=1S/C21H27N5O3/c1-6-29-8-7-24-19(27)17-18(23(5)21(24)28)22-20-25(17)12-15(4)26(20)16-10-13(2)9-14(3)11-16/h9-12,17-18H,6-8H2,1-5H3. The molecule has 3 amide bonds. The maximum absolute atomic E-state index is 13.2. The number of amides is 3. The minimum absolute atomic E-state index is 0.233. The van der Waals surface area contributed by atoms with Crippen molar-refractivity contribution in [2.75, 3.05) is 31.7 Å². The monoisotopic (exact) mass is 397 g/mol. The van der Waals surface area contributed by atoms with Gasteiger partial charge < -0.3 is 14.5 Å². The van der Waals surface area contributed by atoms with Crippen LogP contribution >= 0.6 is 0 Å². The summed E-state index contributed by atoms with van der Waals surface area (Å²) in [6.07, 6.45) is 1.41. The van der Waals surface area contributed by atoms with Crippen LogP contribution in [0.1, 0.15) is 25.0 Å². The molecule has 3 heterocycles. The molecule has 0 bridgehead atoms. The maximum atomic E-state index is 13.2. The Labute approximate surface area is 171 Å². The summed E-state index contributed by atoms with van der Waals surface area (Å²) in [5.74, 6) is 0.449. The lowest BCUT2D eigenvalue weighted by molar-refractivity contribution is -0.137. The van der Waals surface area contributed by atoms with Crippen LogP contribution in [-0.2, 0) is 9.53 Å². The number of nitrogens with zero attached hydrogens (tertiary/aromatic N) is 5. The third kappa shape index (κ3) is 3.07. The Morgan fingerprint density at radius 1 is 1.10 bits per heavy atom. The summed E-state index contributed by atoms with van der Waals surface area (Å²) >= 11 is 0. The molecule has 0 saturated carbocycles. The van der Waals surface area contributed by atoms with E-state index in [4.69, 9.17) is 9.73 Å². The summed E-state index contributed by atoms with van der Waals surface area (Å²) in [7, 11) is 1.70. The van der Waals surface area contributed by atoms with Crippen LogP contribution in [0.15, 0.2) is 35.1 Å². The van der Waals surface area contributed by atoms with Crippen LogP contribution in [0.25, 0.3) is 0 Å². The van der Waals surface area contributed by atoms with Crippen molar-refractivity contribution in [3.63, 3.8) is 0 Å². The molecule has 0 radical (unpaired) electrons. The van der Waals surface area contributed by atoms with Crippen molar-refractivity contribution >= 4 is 23.6 Å². The lowest BCUT2D eigenvalue weighted by atomic mass is 10.1. The summed E-state index contributed by atoms with van der Waals surface area (Å²) in [6.45, 7) is 9.13. The molecule has 3 aliphatic heterocycles. The first-order valence-electron chi connectivity index (χ1n) is 9.92. The van der Waals surface area contributed by atoms with Gasteiger partial charge in [0.15, 0.2) is 12.2 Å². The number of rotatable bonds is 5. The molecule has 0 spiro atoms. The number of ether oxygens (including phenoxy) is 1. The summed E-state index contributed by atoms with van der Waals surface area (Å²) < 4.78 is 5.35. The molecule has 1 fully saturated rings. The zero-order chi connectivity index (χ0) is 20.9. The van der Waals surface area contributed by atoms with E-state index < -0.39 is 12.2 Å². The Kier molecular flexibility index (Phi) is 4.82. The van der Waals surface area contributed by atoms with E-state index in [0.717, 1.165) is 22.5 Å². The lowest BCUT2D eigenvalue weighted by Crippen LogP contribution is -2.64. The van der Waals surface area contributed by atoms with E-state index >= 15 is 0 Å². The SMILES string of the molecule is CCOCCN1C(=O)C2C(N=C3N(c4cc(C)cc(C)c4)C(C)=CN32)N(C)C1=O. The number of guanidine groups is 1. The number of carbonyl (C=O) groups is 2. The first-order valence-corrected chi connectivity index (χ1v) is 9.92. The molecule has 2 atom stereocenters. The molecule has 1 saturated heterocycles. The van der Waals surface area contributed by atoms with E-state index in [1.807, 2.05) is 24.9 Å². The number of carbonyl (C=O) groups excluding carboxylic acids is 2. The predicted octanol–water partition coefficient (Wildman–Crippen LogP) is 2.28. The lowest BCUT2D eigenvalue weighted by Gasteiger charge is -2.40. The predicted molar refractivity (Wildman–Crippen MR) is 110 cm³/mol. The Balaban J connectivity index is 1.67. The average Bonchev–Trinajstić information content (AvgIpc) is 3.16. The van der Waals surface area contributed by atoms with E-state index in [1.165, 1.54) is 4.90 Å². The molecule has 1 aromatic rings. The van der Waals surface area contributed by atoms with Gasteiger partial charge in [-0.15, -0.1) is 0 Å². The van der Waals surface area contributed by atoms with E-state index in [9.17, 15) is 9.59 Å². The largest absolute Gasteiger partial charge is 0.380 e. The van der Waals surface area contributed by atoms with Crippen molar-refractivity contribution in [2.45, 2.75) is 39.9 Å². The fraction of sp³-hybridized carbons (Fsp3) is 0.476. The highest BCUT2D eigenvalue weighted by Crippen LogP contribution is 2.36. The van der Waals surface area contributed by atoms with Crippen molar-refractivity contribution in [1.82, 2.24) is 14.7 Å². The number of aliphatic imine (C=N–C) groups is 1. The van der Waals surface area contributed by atoms with Gasteiger partial charge in [0.25, 0.3) is 5.91 Å². The van der Waals surface area contributed by atoms with Gasteiger partial charge >= 0.3 is 6.03 Å². The topological polar surface area (TPSA) is 68.7 Å². The second-order valence-electron chi connectivity index (χ2n) is 7.73. The van der Waals surface area contributed by atoms with Crippen molar-refractivity contribution in [2.24, 2.45) is 4.99 Å². The Morgan fingerprint density at radius 2 is 1.79 bits per heavy atom. The van der Waals surface area contributed by atoms with Crippen LogP contribution in [0.4, 0.5) is 10.5 Å². The molecule has 2 unspecified atom stereocenters. The average molecular weight is 397 g/mol. The van der Waals surface area contributed by atoms with Crippen LogP contribution < -0.4 is 4.90 Å². The molecule has 0 aromatic heterocycles. The molecule has 4 rings (SSSR count). The number of allylic oxidation sites excluding steroid dienone is 1. The molecular formula is C21H27N5O3. The summed E-state index contributed by atoms with van der Waals surface area (Å²) in [6, 6.07) is 5.44. The molecular weight excluding hydrogens is 370 g/mol. The van der Waals surface area contributed by atoms with Gasteiger partial charge in [0.05, 0.1) is 13.2 Å². The number of urea groups is 1. The van der Waals surface area contributed by atoms with E-state index in [1.54, 1.807) is 11.9 Å². The van der Waals surface area contributed by atoms with Crippen molar-refractivity contribution in [3.8, 4) is 0 Å². The number of benzene rings is 1. The Hall–Kier alpha value is -2.87. The smallest absolute Gasteiger partial charge is 0.328 e. The summed E-state index contributed by atoms with van der Waals surface area (Å²) in [5.41, 5.74) is 4.31. The van der Waals surface area contributed by atoms with Crippen molar-refractivity contribution < 1.29 is 14.3 Å². The highest BCUT2D eigenvalue weighted by Gasteiger charge is 2.54. The van der Waals surface area contributed by atoms with Gasteiger partial charge in [-0.2, -0.15) is 0 Å². The minimum atomic E-state index is -0.555. The van der Waals surface area contributed by atoms with Gasteiger partial charge in [0.2, 0.25) is 5.96 Å². The molecule has 8 nitrogen and oxygen atoms in total. The number of fused-ring (bicyclic) bond motifs is 3. The van der Waals surface area contributed by atoms with E-state index in [2.05, 4.69) is 36.9 Å². The molecule has 154 valence electrons. The van der Waals surface area contributed by atoms with Crippen molar-refractivity contribution in [1.29, 1.82) is 0 Å². The Bertz CT molecular complexity index is 905. The van der Waals surface area contributed by atoms with Crippen LogP contribution in [0.2, 0.25) is 0 Å². The second-order valence-corrected chi connectivity index (χ2v) is 7.73. The van der Waals surface area contributed by atoms with Gasteiger partial charge in [0, 0.05) is 31.2 Å². The molecule has 0 N–H and O–H groups in total. The first-order chi connectivity index (χ1) is 13.8. The molecule has 0 aliphatic carbocycles. The minimum Gasteiger partial charge on any atom is -0.380 e. The van der Waals surface area contributed by atoms with Gasteiger partial charge in [-0.05, 0) is 51.0 Å². The fourth-order valence-electron chi connectivity index (χ4n) is 4.26. The van der Waals surface area contributed by atoms with Gasteiger partial charge in [0.1, 0.15) is 0 Å². The van der Waals surface area contributed by atoms with Gasteiger partial charge in [-0.1, -0.05) is 6.07 Å². The van der Waals surface area contributed by atoms with Crippen LogP contribution in [0.5, 0.6) is 0 Å². The second kappa shape index (κ2) is 7.18. The molecule has 3 aliphatic rings. The number of hydrogen-bond acceptors (Lipinski definition) is 6. The third-order valence-corrected chi connectivity index (χ3v) is 5.52. The Morgan fingerprint density at radius 3 is 2.45 bits per heavy atom.